The predicted molar refractivity (Wildman–Crippen MR) is 93.8 cm³/mol. The van der Waals surface area contributed by atoms with Crippen molar-refractivity contribution < 1.29 is 22.3 Å². The molecule has 0 spiro atoms. The van der Waals surface area contributed by atoms with E-state index in [1.165, 1.54) is 18.2 Å². The standard InChI is InChI=1S/C19H20ClF4NO/c1-11(2)8-12(3)10-26-16-5-4-13(9-15(16)19(22,23)24)14-6-7-25-18(21)17(14)20/h4-7,9,11-12H,8,10H2,1-3H3/t12-/m0/s1. The molecule has 0 saturated heterocycles. The van der Waals surface area contributed by atoms with Gasteiger partial charge in [-0.3, -0.25) is 0 Å². The van der Waals surface area contributed by atoms with Crippen LogP contribution in [0.25, 0.3) is 11.1 Å². The van der Waals surface area contributed by atoms with Crippen molar-refractivity contribution in [2.75, 3.05) is 6.61 Å². The molecule has 0 aliphatic heterocycles. The first-order valence-corrected chi connectivity index (χ1v) is 8.61. The van der Waals surface area contributed by atoms with Crippen LogP contribution in [0, 0.1) is 17.8 Å². The van der Waals surface area contributed by atoms with Gasteiger partial charge in [-0.2, -0.15) is 17.6 Å². The summed E-state index contributed by atoms with van der Waals surface area (Å²) in [5.74, 6) is -0.621. The third-order valence-electron chi connectivity index (χ3n) is 3.84. The zero-order valence-electron chi connectivity index (χ0n) is 14.7. The van der Waals surface area contributed by atoms with Crippen LogP contribution >= 0.6 is 11.6 Å². The van der Waals surface area contributed by atoms with Crippen molar-refractivity contribution in [2.24, 2.45) is 11.8 Å². The maximum atomic E-state index is 13.5. The fourth-order valence-corrected chi connectivity index (χ4v) is 3.01. The molecule has 2 rings (SSSR count). The minimum Gasteiger partial charge on any atom is -0.493 e. The predicted octanol–water partition coefficient (Wildman–Crippen LogP) is 6.62. The first-order chi connectivity index (χ1) is 12.1. The molecule has 7 heteroatoms. The van der Waals surface area contributed by atoms with Crippen LogP contribution < -0.4 is 4.74 Å². The van der Waals surface area contributed by atoms with E-state index in [2.05, 4.69) is 4.98 Å². The van der Waals surface area contributed by atoms with E-state index in [0.29, 0.717) is 5.92 Å². The molecule has 0 amide bonds. The molecule has 0 fully saturated rings. The Kier molecular flexibility index (Phi) is 6.50. The number of rotatable bonds is 6. The number of alkyl halides is 3. The van der Waals surface area contributed by atoms with Gasteiger partial charge >= 0.3 is 6.18 Å². The van der Waals surface area contributed by atoms with Crippen molar-refractivity contribution in [1.29, 1.82) is 0 Å². The fraction of sp³-hybridized carbons (Fsp3) is 0.421. The van der Waals surface area contributed by atoms with E-state index in [0.717, 1.165) is 18.7 Å². The van der Waals surface area contributed by atoms with E-state index in [1.54, 1.807) is 0 Å². The van der Waals surface area contributed by atoms with Gasteiger partial charge in [-0.05, 0) is 42.0 Å². The van der Waals surface area contributed by atoms with Crippen LogP contribution in [0.5, 0.6) is 5.75 Å². The lowest BCUT2D eigenvalue weighted by molar-refractivity contribution is -0.139. The van der Waals surface area contributed by atoms with Crippen LogP contribution in [-0.4, -0.2) is 11.6 Å². The van der Waals surface area contributed by atoms with Crippen molar-refractivity contribution in [1.82, 2.24) is 4.98 Å². The molecule has 142 valence electrons. The van der Waals surface area contributed by atoms with Crippen molar-refractivity contribution >= 4 is 11.6 Å². The Labute approximate surface area is 155 Å². The van der Waals surface area contributed by atoms with E-state index in [9.17, 15) is 17.6 Å². The first-order valence-electron chi connectivity index (χ1n) is 8.24. The minimum absolute atomic E-state index is 0.125. The Morgan fingerprint density at radius 2 is 1.85 bits per heavy atom. The lowest BCUT2D eigenvalue weighted by atomic mass is 9.99. The van der Waals surface area contributed by atoms with Gasteiger partial charge in [0.2, 0.25) is 5.95 Å². The van der Waals surface area contributed by atoms with Crippen LogP contribution in [0.2, 0.25) is 5.02 Å². The molecule has 2 aromatic rings. The molecular formula is C19H20ClF4NO. The highest BCUT2D eigenvalue weighted by molar-refractivity contribution is 6.33. The second kappa shape index (κ2) is 8.25. The van der Waals surface area contributed by atoms with Gasteiger partial charge in [0.05, 0.1) is 12.2 Å². The van der Waals surface area contributed by atoms with Gasteiger partial charge in [-0.15, -0.1) is 0 Å². The molecule has 2 nitrogen and oxygen atoms in total. The summed E-state index contributed by atoms with van der Waals surface area (Å²) in [6.45, 7) is 6.21. The van der Waals surface area contributed by atoms with E-state index in [1.807, 2.05) is 20.8 Å². The molecule has 0 saturated carbocycles. The van der Waals surface area contributed by atoms with Crippen molar-refractivity contribution in [3.05, 3.63) is 47.0 Å². The molecular weight excluding hydrogens is 370 g/mol. The summed E-state index contributed by atoms with van der Waals surface area (Å²) in [6, 6.07) is 4.96. The fourth-order valence-electron chi connectivity index (χ4n) is 2.79. The zero-order chi connectivity index (χ0) is 19.5. The summed E-state index contributed by atoms with van der Waals surface area (Å²) in [5.41, 5.74) is -0.629. The number of pyridine rings is 1. The lowest BCUT2D eigenvalue weighted by Crippen LogP contribution is -2.14. The molecule has 0 aliphatic carbocycles. The van der Waals surface area contributed by atoms with Crippen molar-refractivity contribution in [3.63, 3.8) is 0 Å². The Morgan fingerprint density at radius 3 is 2.46 bits per heavy atom. The van der Waals surface area contributed by atoms with Crippen LogP contribution in [0.15, 0.2) is 30.5 Å². The van der Waals surface area contributed by atoms with E-state index >= 15 is 0 Å². The van der Waals surface area contributed by atoms with Crippen molar-refractivity contribution in [3.8, 4) is 16.9 Å². The average Bonchev–Trinajstić information content (AvgIpc) is 2.54. The van der Waals surface area contributed by atoms with Crippen LogP contribution in [0.1, 0.15) is 32.8 Å². The van der Waals surface area contributed by atoms with E-state index in [-0.39, 0.29) is 34.4 Å². The number of nitrogens with zero attached hydrogens (tertiary/aromatic N) is 1. The molecule has 1 aromatic heterocycles. The summed E-state index contributed by atoms with van der Waals surface area (Å²) in [4.78, 5) is 3.38. The number of hydrogen-bond acceptors (Lipinski definition) is 2. The number of ether oxygens (including phenoxy) is 1. The molecule has 0 radical (unpaired) electrons. The lowest BCUT2D eigenvalue weighted by Gasteiger charge is -2.19. The highest BCUT2D eigenvalue weighted by atomic mass is 35.5. The summed E-state index contributed by atoms with van der Waals surface area (Å²) in [5, 5.41) is -0.320. The second-order valence-electron chi connectivity index (χ2n) is 6.72. The first kappa shape index (κ1) is 20.5. The highest BCUT2D eigenvalue weighted by Crippen LogP contribution is 2.40. The third-order valence-corrected chi connectivity index (χ3v) is 4.20. The summed E-state index contributed by atoms with van der Waals surface area (Å²) < 4.78 is 59.3. The quantitative estimate of drug-likeness (QED) is 0.409. The van der Waals surface area contributed by atoms with Crippen LogP contribution in [0.4, 0.5) is 17.6 Å². The maximum absolute atomic E-state index is 13.5. The van der Waals surface area contributed by atoms with Gasteiger partial charge in [0.25, 0.3) is 0 Å². The third kappa shape index (κ3) is 5.10. The summed E-state index contributed by atoms with van der Waals surface area (Å²) in [6.07, 6.45) is -2.60. The maximum Gasteiger partial charge on any atom is 0.419 e. The van der Waals surface area contributed by atoms with Gasteiger partial charge in [0, 0.05) is 11.8 Å². The Balaban J connectivity index is 2.35. The SMILES string of the molecule is CC(C)C[C@H](C)COc1ccc(-c2ccnc(F)c2Cl)cc1C(F)(F)F. The molecule has 26 heavy (non-hydrogen) atoms. The Hall–Kier alpha value is -1.82. The molecule has 1 atom stereocenters. The molecule has 0 unspecified atom stereocenters. The molecule has 0 bridgehead atoms. The van der Waals surface area contributed by atoms with Gasteiger partial charge in [0.15, 0.2) is 0 Å². The van der Waals surface area contributed by atoms with Gasteiger partial charge in [-0.1, -0.05) is 38.4 Å². The number of aromatic nitrogens is 1. The molecule has 1 heterocycles. The number of hydrogen-bond donors (Lipinski definition) is 0. The van der Waals surface area contributed by atoms with E-state index in [4.69, 9.17) is 16.3 Å². The average molecular weight is 390 g/mol. The highest BCUT2D eigenvalue weighted by Gasteiger charge is 2.35. The number of benzene rings is 1. The normalized spacial score (nSPS) is 13.1. The van der Waals surface area contributed by atoms with Gasteiger partial charge in [0.1, 0.15) is 10.8 Å². The molecule has 0 aliphatic rings. The largest absolute Gasteiger partial charge is 0.493 e. The van der Waals surface area contributed by atoms with Gasteiger partial charge in [-0.25, -0.2) is 4.98 Å². The summed E-state index contributed by atoms with van der Waals surface area (Å²) in [7, 11) is 0. The Bertz CT molecular complexity index is 762. The smallest absolute Gasteiger partial charge is 0.419 e. The summed E-state index contributed by atoms with van der Waals surface area (Å²) >= 11 is 5.84. The zero-order valence-corrected chi connectivity index (χ0v) is 15.5. The molecule has 0 N–H and O–H groups in total. The Morgan fingerprint density at radius 1 is 1.15 bits per heavy atom. The second-order valence-corrected chi connectivity index (χ2v) is 7.10. The molecule has 1 aromatic carbocycles. The topological polar surface area (TPSA) is 22.1 Å². The number of halogens is 5. The minimum atomic E-state index is -4.61. The van der Waals surface area contributed by atoms with Crippen molar-refractivity contribution in [2.45, 2.75) is 33.4 Å². The van der Waals surface area contributed by atoms with Crippen LogP contribution in [-0.2, 0) is 6.18 Å². The van der Waals surface area contributed by atoms with E-state index < -0.39 is 17.7 Å². The monoisotopic (exact) mass is 389 g/mol. The van der Waals surface area contributed by atoms with Gasteiger partial charge < -0.3 is 4.74 Å². The van der Waals surface area contributed by atoms with Crippen LogP contribution in [0.3, 0.4) is 0 Å².